The van der Waals surface area contributed by atoms with Crippen molar-refractivity contribution in [2.45, 2.75) is 19.4 Å². The van der Waals surface area contributed by atoms with Gasteiger partial charge in [-0.3, -0.25) is 0 Å². The molecule has 2 rings (SSSR count). The normalized spacial score (nSPS) is 13.3. The largest absolute Gasteiger partial charge is 0.328 e. The topological polar surface area (TPSA) is 43.3 Å². The Morgan fingerprint density at radius 1 is 1.60 bits per heavy atom. The van der Waals surface area contributed by atoms with Crippen LogP contribution in [0, 0.1) is 5.82 Å². The Morgan fingerprint density at radius 3 is 3.00 bits per heavy atom. The molecule has 0 amide bonds. The second kappa shape index (κ2) is 3.90. The maximum Gasteiger partial charge on any atom is 0.151 e. The third-order valence-electron chi connectivity index (χ3n) is 2.05. The minimum Gasteiger partial charge on any atom is -0.328 e. The van der Waals surface area contributed by atoms with Crippen LogP contribution in [0.15, 0.2) is 22.9 Å². The van der Waals surface area contributed by atoms with Crippen molar-refractivity contribution >= 4 is 21.6 Å². The van der Waals surface area contributed by atoms with Gasteiger partial charge in [0.25, 0.3) is 0 Å². The Bertz CT molecular complexity index is 493. The summed E-state index contributed by atoms with van der Waals surface area (Å²) in [7, 11) is 0. The van der Waals surface area contributed by atoms with Gasteiger partial charge in [-0.05, 0) is 28.9 Å². The number of fused-ring (bicyclic) bond motifs is 1. The first kappa shape index (κ1) is 10.6. The number of hydrogen-bond donors (Lipinski definition) is 1. The number of nitrogens with two attached hydrogens (primary N) is 1. The van der Waals surface area contributed by atoms with E-state index in [1.807, 2.05) is 6.92 Å². The lowest BCUT2D eigenvalue weighted by Gasteiger charge is -1.98. The molecular weight excluding hydrogens is 261 g/mol. The van der Waals surface area contributed by atoms with Gasteiger partial charge in [0, 0.05) is 24.9 Å². The molecule has 0 fully saturated rings. The van der Waals surface area contributed by atoms with Crippen LogP contribution < -0.4 is 5.73 Å². The highest BCUT2D eigenvalue weighted by Gasteiger charge is 2.08. The Labute approximate surface area is 95.2 Å². The molecule has 80 valence electrons. The molecule has 0 bridgehead atoms. The van der Waals surface area contributed by atoms with Crippen LogP contribution in [-0.2, 0) is 6.42 Å². The first-order valence-corrected chi connectivity index (χ1v) is 5.44. The summed E-state index contributed by atoms with van der Waals surface area (Å²) in [5, 5.41) is 0. The van der Waals surface area contributed by atoms with Crippen LogP contribution in [0.2, 0.25) is 0 Å². The van der Waals surface area contributed by atoms with E-state index in [-0.39, 0.29) is 11.9 Å². The molecule has 0 spiro atoms. The average Bonchev–Trinajstić information content (AvgIpc) is 2.45. The quantitative estimate of drug-likeness (QED) is 0.910. The summed E-state index contributed by atoms with van der Waals surface area (Å²) in [6.45, 7) is 1.92. The molecule has 3 nitrogen and oxygen atoms in total. The first-order valence-electron chi connectivity index (χ1n) is 4.64. The van der Waals surface area contributed by atoms with Gasteiger partial charge in [0.2, 0.25) is 0 Å². The predicted molar refractivity (Wildman–Crippen MR) is 60.2 cm³/mol. The predicted octanol–water partition coefficient (Wildman–Crippen LogP) is 2.13. The second-order valence-electron chi connectivity index (χ2n) is 3.65. The maximum absolute atomic E-state index is 13.1. The van der Waals surface area contributed by atoms with Crippen LogP contribution in [-0.4, -0.2) is 15.4 Å². The molecule has 0 saturated carbocycles. The fourth-order valence-corrected chi connectivity index (χ4v) is 2.02. The van der Waals surface area contributed by atoms with Gasteiger partial charge in [-0.1, -0.05) is 0 Å². The van der Waals surface area contributed by atoms with Crippen LogP contribution in [0.25, 0.3) is 5.65 Å². The van der Waals surface area contributed by atoms with E-state index in [1.54, 1.807) is 10.6 Å². The number of nitrogens with zero attached hydrogens (tertiary/aromatic N) is 2. The van der Waals surface area contributed by atoms with E-state index in [4.69, 9.17) is 5.73 Å². The van der Waals surface area contributed by atoms with Crippen molar-refractivity contribution in [2.75, 3.05) is 0 Å². The number of halogens is 2. The summed E-state index contributed by atoms with van der Waals surface area (Å²) in [5.41, 5.74) is 7.27. The van der Waals surface area contributed by atoms with Gasteiger partial charge in [0.15, 0.2) is 5.65 Å². The summed E-state index contributed by atoms with van der Waals surface area (Å²) < 4.78 is 15.4. The lowest BCUT2D eigenvalue weighted by atomic mass is 10.2. The minimum absolute atomic E-state index is 0.0542. The molecule has 5 heteroatoms. The van der Waals surface area contributed by atoms with Crippen molar-refractivity contribution in [1.29, 1.82) is 0 Å². The zero-order chi connectivity index (χ0) is 11.0. The number of hydrogen-bond acceptors (Lipinski definition) is 2. The van der Waals surface area contributed by atoms with Crippen LogP contribution in [0.5, 0.6) is 0 Å². The molecule has 2 aromatic rings. The minimum atomic E-state index is -0.292. The van der Waals surface area contributed by atoms with E-state index in [1.165, 1.54) is 12.3 Å². The number of rotatable bonds is 2. The van der Waals surface area contributed by atoms with Gasteiger partial charge in [0.1, 0.15) is 5.82 Å². The highest BCUT2D eigenvalue weighted by atomic mass is 79.9. The standard InChI is InChI=1S/C10H11BrFN3/c1-6(13)2-8-5-15-4-7(12)3-9(11)10(15)14-8/h3-6H,2,13H2,1H3. The number of pyridine rings is 1. The molecule has 0 aromatic carbocycles. The molecule has 0 aliphatic rings. The second-order valence-corrected chi connectivity index (χ2v) is 4.51. The van der Waals surface area contributed by atoms with E-state index in [0.29, 0.717) is 16.5 Å². The third-order valence-corrected chi connectivity index (χ3v) is 2.64. The van der Waals surface area contributed by atoms with Crippen molar-refractivity contribution in [3.8, 4) is 0 Å². The Balaban J connectivity index is 2.50. The van der Waals surface area contributed by atoms with Crippen LogP contribution >= 0.6 is 15.9 Å². The zero-order valence-corrected chi connectivity index (χ0v) is 9.83. The van der Waals surface area contributed by atoms with Gasteiger partial charge in [-0.2, -0.15) is 0 Å². The Kier molecular flexibility index (Phi) is 2.75. The van der Waals surface area contributed by atoms with E-state index >= 15 is 0 Å². The molecular formula is C10H11BrFN3. The molecule has 1 unspecified atom stereocenters. The van der Waals surface area contributed by atoms with Gasteiger partial charge in [-0.15, -0.1) is 0 Å². The van der Waals surface area contributed by atoms with Crippen molar-refractivity contribution < 1.29 is 4.39 Å². The monoisotopic (exact) mass is 271 g/mol. The number of imidazole rings is 1. The molecule has 1 atom stereocenters. The zero-order valence-electron chi connectivity index (χ0n) is 8.24. The smallest absolute Gasteiger partial charge is 0.151 e. The molecule has 2 aromatic heterocycles. The summed E-state index contributed by atoms with van der Waals surface area (Å²) >= 11 is 3.27. The highest BCUT2D eigenvalue weighted by molar-refractivity contribution is 9.10. The fraction of sp³-hybridized carbons (Fsp3) is 0.300. The summed E-state index contributed by atoms with van der Waals surface area (Å²) in [5.74, 6) is -0.292. The van der Waals surface area contributed by atoms with Crippen molar-refractivity contribution in [3.05, 3.63) is 34.4 Å². The van der Waals surface area contributed by atoms with Gasteiger partial charge < -0.3 is 10.1 Å². The number of aromatic nitrogens is 2. The summed E-state index contributed by atoms with van der Waals surface area (Å²) in [6, 6.07) is 1.45. The lowest BCUT2D eigenvalue weighted by molar-refractivity contribution is 0.618. The van der Waals surface area contributed by atoms with Gasteiger partial charge >= 0.3 is 0 Å². The van der Waals surface area contributed by atoms with E-state index in [0.717, 1.165) is 5.69 Å². The average molecular weight is 272 g/mol. The molecule has 15 heavy (non-hydrogen) atoms. The summed E-state index contributed by atoms with van der Waals surface area (Å²) in [6.07, 6.45) is 3.89. The fourth-order valence-electron chi connectivity index (χ4n) is 1.50. The van der Waals surface area contributed by atoms with E-state index < -0.39 is 0 Å². The first-order chi connectivity index (χ1) is 7.06. The Morgan fingerprint density at radius 2 is 2.33 bits per heavy atom. The van der Waals surface area contributed by atoms with E-state index in [2.05, 4.69) is 20.9 Å². The van der Waals surface area contributed by atoms with Gasteiger partial charge in [-0.25, -0.2) is 9.37 Å². The van der Waals surface area contributed by atoms with Crippen LogP contribution in [0.3, 0.4) is 0 Å². The molecule has 2 heterocycles. The highest BCUT2D eigenvalue weighted by Crippen LogP contribution is 2.19. The molecule has 0 aliphatic carbocycles. The van der Waals surface area contributed by atoms with Gasteiger partial charge in [0.05, 0.1) is 10.2 Å². The van der Waals surface area contributed by atoms with Crippen molar-refractivity contribution in [2.24, 2.45) is 5.73 Å². The van der Waals surface area contributed by atoms with Crippen LogP contribution in [0.1, 0.15) is 12.6 Å². The summed E-state index contributed by atoms with van der Waals surface area (Å²) in [4.78, 5) is 4.36. The molecule has 0 aliphatic heterocycles. The lowest BCUT2D eigenvalue weighted by Crippen LogP contribution is -2.17. The maximum atomic E-state index is 13.1. The van der Waals surface area contributed by atoms with E-state index in [9.17, 15) is 4.39 Å². The SMILES string of the molecule is CC(N)Cc1cn2cc(F)cc(Br)c2n1. The third kappa shape index (κ3) is 2.18. The van der Waals surface area contributed by atoms with Crippen molar-refractivity contribution in [1.82, 2.24) is 9.38 Å². The molecule has 2 N–H and O–H groups in total. The van der Waals surface area contributed by atoms with Crippen molar-refractivity contribution in [3.63, 3.8) is 0 Å². The molecule has 0 radical (unpaired) electrons. The Hall–Kier alpha value is -0.940. The van der Waals surface area contributed by atoms with Crippen LogP contribution in [0.4, 0.5) is 4.39 Å². The molecule has 0 saturated heterocycles.